The Kier molecular flexibility index (Phi) is 2.96. The quantitative estimate of drug-likeness (QED) is 0.743. The summed E-state index contributed by atoms with van der Waals surface area (Å²) in [4.78, 5) is 17.4. The van der Waals surface area contributed by atoms with Crippen LogP contribution in [0.1, 0.15) is 30.5 Å². The number of thiazole rings is 1. The molecule has 2 aromatic heterocycles. The molecule has 0 radical (unpaired) electrons. The first kappa shape index (κ1) is 12.5. The molecule has 21 heavy (non-hydrogen) atoms. The van der Waals surface area contributed by atoms with Crippen molar-refractivity contribution in [3.8, 4) is 10.4 Å². The molecule has 1 aromatic carbocycles. The summed E-state index contributed by atoms with van der Waals surface area (Å²) in [6.07, 6.45) is 4.10. The van der Waals surface area contributed by atoms with Gasteiger partial charge in [0.25, 0.3) is 0 Å². The van der Waals surface area contributed by atoms with Crippen LogP contribution in [0.25, 0.3) is 10.4 Å². The Morgan fingerprint density at radius 1 is 1.29 bits per heavy atom. The van der Waals surface area contributed by atoms with Crippen LogP contribution < -0.4 is 4.87 Å². The van der Waals surface area contributed by atoms with E-state index >= 15 is 0 Å². The van der Waals surface area contributed by atoms with E-state index in [1.807, 2.05) is 36.5 Å². The minimum Gasteiger partial charge on any atom is -0.339 e. The third kappa shape index (κ3) is 2.54. The van der Waals surface area contributed by atoms with Gasteiger partial charge in [0, 0.05) is 12.1 Å². The van der Waals surface area contributed by atoms with Gasteiger partial charge in [-0.1, -0.05) is 46.8 Å². The van der Waals surface area contributed by atoms with Crippen LogP contribution in [0.2, 0.25) is 0 Å². The summed E-state index contributed by atoms with van der Waals surface area (Å²) in [5.74, 6) is 1.71. The Balaban J connectivity index is 1.60. The summed E-state index contributed by atoms with van der Waals surface area (Å²) in [6.45, 7) is 0.360. The number of hydrogen-bond donors (Lipinski definition) is 0. The third-order valence-corrected chi connectivity index (χ3v) is 4.46. The van der Waals surface area contributed by atoms with Crippen molar-refractivity contribution in [3.05, 3.63) is 57.9 Å². The van der Waals surface area contributed by atoms with E-state index in [9.17, 15) is 4.79 Å². The molecule has 4 rings (SSSR count). The minimum absolute atomic E-state index is 0.00775. The fraction of sp³-hybridized carbons (Fsp3) is 0.267. The molecule has 0 spiro atoms. The van der Waals surface area contributed by atoms with E-state index in [0.29, 0.717) is 24.2 Å². The summed E-state index contributed by atoms with van der Waals surface area (Å²) < 4.78 is 6.85. The van der Waals surface area contributed by atoms with Crippen LogP contribution in [0, 0.1) is 0 Å². The highest BCUT2D eigenvalue weighted by Crippen LogP contribution is 2.38. The molecule has 6 heteroatoms. The lowest BCUT2D eigenvalue weighted by atomic mass is 10.2. The molecule has 0 saturated heterocycles. The average Bonchev–Trinajstić information content (AvgIpc) is 3.16. The second-order valence-corrected chi connectivity index (χ2v) is 6.17. The first-order valence-corrected chi connectivity index (χ1v) is 7.69. The van der Waals surface area contributed by atoms with Crippen LogP contribution in [0.5, 0.6) is 0 Å². The predicted molar refractivity (Wildman–Crippen MR) is 79.4 cm³/mol. The largest absolute Gasteiger partial charge is 0.339 e. The van der Waals surface area contributed by atoms with E-state index in [4.69, 9.17) is 4.52 Å². The number of benzene rings is 1. The van der Waals surface area contributed by atoms with Crippen LogP contribution in [-0.2, 0) is 6.54 Å². The highest BCUT2D eigenvalue weighted by molar-refractivity contribution is 7.12. The molecule has 0 atom stereocenters. The van der Waals surface area contributed by atoms with Crippen LogP contribution in [0.3, 0.4) is 0 Å². The van der Waals surface area contributed by atoms with Crippen LogP contribution >= 0.6 is 11.3 Å². The van der Waals surface area contributed by atoms with Gasteiger partial charge in [-0.3, -0.25) is 9.36 Å². The van der Waals surface area contributed by atoms with Gasteiger partial charge in [0.15, 0.2) is 5.82 Å². The smallest absolute Gasteiger partial charge is 0.308 e. The van der Waals surface area contributed by atoms with Crippen LogP contribution in [0.15, 0.2) is 45.8 Å². The second-order valence-electron chi connectivity index (χ2n) is 5.18. The maximum Gasteiger partial charge on any atom is 0.308 e. The molecule has 0 N–H and O–H groups in total. The maximum absolute atomic E-state index is 12.1. The van der Waals surface area contributed by atoms with E-state index in [0.717, 1.165) is 23.3 Å². The van der Waals surface area contributed by atoms with E-state index < -0.39 is 0 Å². The fourth-order valence-corrected chi connectivity index (χ4v) is 3.06. The van der Waals surface area contributed by atoms with Gasteiger partial charge in [-0.25, -0.2) is 0 Å². The standard InChI is InChI=1S/C15H13N3O2S/c19-15-18(8-12(21-15)10-4-2-1-3-5-10)9-13-16-14(20-17-13)11-6-7-11/h1-5,8,11H,6-7,9H2. The highest BCUT2D eigenvalue weighted by Gasteiger charge is 2.29. The molecule has 106 valence electrons. The molecule has 0 amide bonds. The predicted octanol–water partition coefficient (Wildman–Crippen LogP) is 2.89. The van der Waals surface area contributed by atoms with Crippen molar-refractivity contribution in [1.29, 1.82) is 0 Å². The zero-order valence-electron chi connectivity index (χ0n) is 11.2. The SMILES string of the molecule is O=c1sc(-c2ccccc2)cn1Cc1noc(C2CC2)n1. The summed E-state index contributed by atoms with van der Waals surface area (Å²) in [5.41, 5.74) is 1.05. The first-order valence-electron chi connectivity index (χ1n) is 6.88. The normalized spacial score (nSPS) is 14.5. The molecular weight excluding hydrogens is 286 g/mol. The average molecular weight is 299 g/mol. The van der Waals surface area contributed by atoms with Crippen LogP contribution in [-0.4, -0.2) is 14.7 Å². The fourth-order valence-electron chi connectivity index (χ4n) is 2.20. The van der Waals surface area contributed by atoms with Crippen molar-refractivity contribution in [2.75, 3.05) is 0 Å². The lowest BCUT2D eigenvalue weighted by Crippen LogP contribution is -2.13. The topological polar surface area (TPSA) is 60.9 Å². The van der Waals surface area contributed by atoms with Crippen molar-refractivity contribution in [3.63, 3.8) is 0 Å². The van der Waals surface area contributed by atoms with Gasteiger partial charge in [0.2, 0.25) is 5.89 Å². The highest BCUT2D eigenvalue weighted by atomic mass is 32.1. The minimum atomic E-state index is -0.00775. The van der Waals surface area contributed by atoms with Crippen molar-refractivity contribution >= 4 is 11.3 Å². The Morgan fingerprint density at radius 3 is 2.86 bits per heavy atom. The van der Waals surface area contributed by atoms with Gasteiger partial charge < -0.3 is 4.52 Å². The molecule has 0 unspecified atom stereocenters. The summed E-state index contributed by atoms with van der Waals surface area (Å²) in [7, 11) is 0. The monoisotopic (exact) mass is 299 g/mol. The van der Waals surface area contributed by atoms with Gasteiger partial charge in [-0.05, 0) is 18.4 Å². The lowest BCUT2D eigenvalue weighted by Gasteiger charge is -1.96. The molecule has 0 bridgehead atoms. The number of hydrogen-bond acceptors (Lipinski definition) is 5. The summed E-state index contributed by atoms with van der Waals surface area (Å²) in [6, 6.07) is 9.88. The molecule has 1 aliphatic carbocycles. The van der Waals surface area contributed by atoms with Gasteiger partial charge in [-0.2, -0.15) is 4.98 Å². The molecule has 1 saturated carbocycles. The Morgan fingerprint density at radius 2 is 2.10 bits per heavy atom. The number of nitrogens with zero attached hydrogens (tertiary/aromatic N) is 3. The number of aromatic nitrogens is 3. The lowest BCUT2D eigenvalue weighted by molar-refractivity contribution is 0.373. The molecular formula is C15H13N3O2S. The Hall–Kier alpha value is -2.21. The molecule has 0 aliphatic heterocycles. The van der Waals surface area contributed by atoms with Crippen molar-refractivity contribution < 1.29 is 4.52 Å². The van der Waals surface area contributed by atoms with Crippen LogP contribution in [0.4, 0.5) is 0 Å². The summed E-state index contributed by atoms with van der Waals surface area (Å²) >= 11 is 1.23. The first-order chi connectivity index (χ1) is 10.3. The van der Waals surface area contributed by atoms with Gasteiger partial charge in [-0.15, -0.1) is 0 Å². The van der Waals surface area contributed by atoms with Crippen molar-refractivity contribution in [2.45, 2.75) is 25.3 Å². The molecule has 2 heterocycles. The zero-order chi connectivity index (χ0) is 14.2. The molecule has 1 fully saturated rings. The molecule has 1 aliphatic rings. The van der Waals surface area contributed by atoms with Crippen molar-refractivity contribution in [1.82, 2.24) is 14.7 Å². The van der Waals surface area contributed by atoms with E-state index in [1.165, 1.54) is 11.3 Å². The van der Waals surface area contributed by atoms with E-state index in [2.05, 4.69) is 10.1 Å². The van der Waals surface area contributed by atoms with Gasteiger partial charge in [0.05, 0.1) is 11.4 Å². The van der Waals surface area contributed by atoms with Crippen molar-refractivity contribution in [2.24, 2.45) is 0 Å². The maximum atomic E-state index is 12.1. The Bertz CT molecular complexity index is 815. The Labute approximate surface area is 124 Å². The third-order valence-electron chi connectivity index (χ3n) is 3.49. The number of rotatable bonds is 4. The van der Waals surface area contributed by atoms with Gasteiger partial charge in [0.1, 0.15) is 0 Å². The molecule has 5 nitrogen and oxygen atoms in total. The van der Waals surface area contributed by atoms with E-state index in [1.54, 1.807) is 4.57 Å². The molecule has 3 aromatic rings. The summed E-state index contributed by atoms with van der Waals surface area (Å²) in [5, 5.41) is 3.95. The zero-order valence-corrected chi connectivity index (χ0v) is 12.0. The van der Waals surface area contributed by atoms with E-state index in [-0.39, 0.29) is 4.87 Å². The second kappa shape index (κ2) is 4.96. The van der Waals surface area contributed by atoms with Gasteiger partial charge >= 0.3 is 4.87 Å².